The van der Waals surface area contributed by atoms with E-state index in [0.29, 0.717) is 6.04 Å². The summed E-state index contributed by atoms with van der Waals surface area (Å²) in [6.07, 6.45) is 0.773. The van der Waals surface area contributed by atoms with Crippen LogP contribution in [0.1, 0.15) is 13.3 Å². The third-order valence-electron chi connectivity index (χ3n) is 1.37. The molecule has 3 heteroatoms. The second-order valence-electron chi connectivity index (χ2n) is 2.19. The summed E-state index contributed by atoms with van der Waals surface area (Å²) < 4.78 is 0. The maximum Gasteiger partial charge on any atom is 0.320 e. The van der Waals surface area contributed by atoms with Gasteiger partial charge in [0.05, 0.1) is 0 Å². The molecule has 1 aliphatic rings. The Morgan fingerprint density at radius 3 is 2.50 bits per heavy atom. The number of rotatable bonds is 1. The molecule has 2 N–H and O–H groups in total. The van der Waals surface area contributed by atoms with Crippen LogP contribution in [0.15, 0.2) is 0 Å². The molecule has 0 saturated carbocycles. The van der Waals surface area contributed by atoms with Crippen LogP contribution in [0.25, 0.3) is 0 Å². The summed E-state index contributed by atoms with van der Waals surface area (Å²) in [6.45, 7) is 1.97. The van der Waals surface area contributed by atoms with E-state index in [4.69, 9.17) is 5.11 Å². The Hall–Kier alpha value is -0.570. The van der Waals surface area contributed by atoms with Crippen molar-refractivity contribution in [1.29, 1.82) is 0 Å². The second kappa shape index (κ2) is 1.74. The Morgan fingerprint density at radius 1 is 1.88 bits per heavy atom. The highest BCUT2D eigenvalue weighted by molar-refractivity contribution is 5.74. The van der Waals surface area contributed by atoms with Gasteiger partial charge in [0.25, 0.3) is 0 Å². The fourth-order valence-corrected chi connectivity index (χ4v) is 0.845. The van der Waals surface area contributed by atoms with Crippen molar-refractivity contribution in [1.82, 2.24) is 5.32 Å². The second-order valence-corrected chi connectivity index (χ2v) is 2.19. The summed E-state index contributed by atoms with van der Waals surface area (Å²) in [6, 6.07) is 0.126. The van der Waals surface area contributed by atoms with Crippen LogP contribution in [-0.2, 0) is 4.79 Å². The molecule has 1 fully saturated rings. The summed E-state index contributed by atoms with van der Waals surface area (Å²) in [4.78, 5) is 10.1. The number of nitrogens with one attached hydrogen (secondary N) is 1. The zero-order chi connectivity index (χ0) is 6.15. The van der Waals surface area contributed by atoms with Gasteiger partial charge in [-0.3, -0.25) is 4.79 Å². The van der Waals surface area contributed by atoms with E-state index in [-0.39, 0.29) is 6.04 Å². The van der Waals surface area contributed by atoms with E-state index in [1.807, 2.05) is 6.92 Å². The van der Waals surface area contributed by atoms with Crippen LogP contribution < -0.4 is 5.32 Å². The molecule has 8 heavy (non-hydrogen) atoms. The number of carboxylic acid groups (broad SMARTS) is 1. The van der Waals surface area contributed by atoms with Crippen LogP contribution in [0, 0.1) is 0 Å². The molecule has 0 unspecified atom stereocenters. The number of hydrogen-bond donors (Lipinski definition) is 2. The lowest BCUT2D eigenvalue weighted by molar-refractivity contribution is -0.142. The number of carboxylic acids is 1. The Kier molecular flexibility index (Phi) is 1.21. The van der Waals surface area contributed by atoms with Gasteiger partial charge >= 0.3 is 5.97 Å². The molecule has 1 saturated heterocycles. The first-order chi connectivity index (χ1) is 3.70. The van der Waals surface area contributed by atoms with Gasteiger partial charge in [-0.2, -0.15) is 0 Å². The van der Waals surface area contributed by atoms with Crippen LogP contribution in [-0.4, -0.2) is 23.2 Å². The topological polar surface area (TPSA) is 49.3 Å². The molecule has 1 rings (SSSR count). The van der Waals surface area contributed by atoms with Gasteiger partial charge in [0.15, 0.2) is 0 Å². The third kappa shape index (κ3) is 0.816. The minimum absolute atomic E-state index is 0.273. The molecule has 0 spiro atoms. The van der Waals surface area contributed by atoms with E-state index in [0.717, 1.165) is 6.42 Å². The average molecular weight is 115 g/mol. The highest BCUT2D eigenvalue weighted by Gasteiger charge is 2.29. The van der Waals surface area contributed by atoms with Gasteiger partial charge in [0.1, 0.15) is 6.04 Å². The van der Waals surface area contributed by atoms with Crippen molar-refractivity contribution in [3.63, 3.8) is 0 Å². The van der Waals surface area contributed by atoms with Gasteiger partial charge in [-0.15, -0.1) is 0 Å². The van der Waals surface area contributed by atoms with E-state index < -0.39 is 5.97 Å². The Labute approximate surface area is 47.7 Å². The number of aliphatic carboxylic acids is 1. The van der Waals surface area contributed by atoms with Crippen LogP contribution in [0.3, 0.4) is 0 Å². The molecule has 46 valence electrons. The van der Waals surface area contributed by atoms with E-state index in [9.17, 15) is 4.79 Å². The van der Waals surface area contributed by atoms with Gasteiger partial charge in [0.2, 0.25) is 0 Å². The van der Waals surface area contributed by atoms with Gasteiger partial charge in [-0.1, -0.05) is 0 Å². The van der Waals surface area contributed by atoms with Crippen molar-refractivity contribution >= 4 is 5.97 Å². The predicted molar refractivity (Wildman–Crippen MR) is 28.6 cm³/mol. The zero-order valence-corrected chi connectivity index (χ0v) is 4.72. The molecule has 0 aromatic rings. The quantitative estimate of drug-likeness (QED) is 0.498. The Balaban J connectivity index is 2.25. The summed E-state index contributed by atoms with van der Waals surface area (Å²) >= 11 is 0. The average Bonchev–Trinajstić information content (AvgIpc) is 1.57. The van der Waals surface area contributed by atoms with Crippen LogP contribution in [0.2, 0.25) is 0 Å². The predicted octanol–water partition coefficient (Wildman–Crippen LogP) is -0.179. The van der Waals surface area contributed by atoms with Crippen molar-refractivity contribution in [2.24, 2.45) is 0 Å². The molecular weight excluding hydrogens is 106 g/mol. The van der Waals surface area contributed by atoms with Crippen LogP contribution in [0.5, 0.6) is 0 Å². The van der Waals surface area contributed by atoms with Crippen LogP contribution >= 0.6 is 0 Å². The normalized spacial score (nSPS) is 36.1. The summed E-state index contributed by atoms with van der Waals surface area (Å²) in [5.41, 5.74) is 0. The van der Waals surface area contributed by atoms with Gasteiger partial charge in [-0.25, -0.2) is 0 Å². The third-order valence-corrected chi connectivity index (χ3v) is 1.37. The Bertz CT molecular complexity index is 107. The molecule has 2 atom stereocenters. The Morgan fingerprint density at radius 2 is 2.38 bits per heavy atom. The van der Waals surface area contributed by atoms with Crippen molar-refractivity contribution < 1.29 is 9.90 Å². The monoisotopic (exact) mass is 115 g/mol. The van der Waals surface area contributed by atoms with Gasteiger partial charge < -0.3 is 10.4 Å². The maximum atomic E-state index is 10.1. The van der Waals surface area contributed by atoms with Crippen LogP contribution in [0.4, 0.5) is 0 Å². The SMILES string of the molecule is C[C@H]1C[C@H](C(=O)O)N1. The van der Waals surface area contributed by atoms with Crippen molar-refractivity contribution in [3.8, 4) is 0 Å². The first-order valence-electron chi connectivity index (χ1n) is 2.69. The molecule has 1 aliphatic heterocycles. The molecular formula is C5H9NO2. The minimum atomic E-state index is -0.733. The largest absolute Gasteiger partial charge is 0.480 e. The minimum Gasteiger partial charge on any atom is -0.480 e. The smallest absolute Gasteiger partial charge is 0.320 e. The first-order valence-corrected chi connectivity index (χ1v) is 2.69. The molecule has 0 aromatic heterocycles. The molecule has 0 aliphatic carbocycles. The molecule has 0 amide bonds. The van der Waals surface area contributed by atoms with Crippen molar-refractivity contribution in [3.05, 3.63) is 0 Å². The maximum absolute atomic E-state index is 10.1. The molecule has 0 radical (unpaired) electrons. The van der Waals surface area contributed by atoms with E-state index in [2.05, 4.69) is 5.32 Å². The number of carbonyl (C=O) groups is 1. The van der Waals surface area contributed by atoms with Crippen molar-refractivity contribution in [2.45, 2.75) is 25.4 Å². The standard InChI is InChI=1S/C5H9NO2/c1-3-2-4(6-3)5(7)8/h3-4,6H,2H2,1H3,(H,7,8)/t3-,4+/m0/s1. The number of hydrogen-bond acceptors (Lipinski definition) is 2. The summed E-state index contributed by atoms with van der Waals surface area (Å²) in [5.74, 6) is -0.733. The first kappa shape index (κ1) is 5.56. The van der Waals surface area contributed by atoms with E-state index in [1.54, 1.807) is 0 Å². The zero-order valence-electron chi connectivity index (χ0n) is 4.72. The lowest BCUT2D eigenvalue weighted by atomic mass is 9.99. The lowest BCUT2D eigenvalue weighted by Crippen LogP contribution is -2.54. The van der Waals surface area contributed by atoms with Gasteiger partial charge in [-0.05, 0) is 13.3 Å². The van der Waals surface area contributed by atoms with E-state index >= 15 is 0 Å². The highest BCUT2D eigenvalue weighted by Crippen LogP contribution is 2.09. The molecule has 0 aromatic carbocycles. The van der Waals surface area contributed by atoms with Crippen molar-refractivity contribution in [2.75, 3.05) is 0 Å². The molecule has 1 heterocycles. The molecule has 0 bridgehead atoms. The lowest BCUT2D eigenvalue weighted by Gasteiger charge is -2.30. The fraction of sp³-hybridized carbons (Fsp3) is 0.800. The van der Waals surface area contributed by atoms with E-state index in [1.165, 1.54) is 0 Å². The van der Waals surface area contributed by atoms with Gasteiger partial charge in [0, 0.05) is 6.04 Å². The summed E-state index contributed by atoms with van der Waals surface area (Å²) in [7, 11) is 0. The molecule has 3 nitrogen and oxygen atoms in total. The fourth-order valence-electron chi connectivity index (χ4n) is 0.845. The highest BCUT2D eigenvalue weighted by atomic mass is 16.4. The summed E-state index contributed by atoms with van der Waals surface area (Å²) in [5, 5.41) is 11.1.